The van der Waals surface area contributed by atoms with Crippen LogP contribution in [0.5, 0.6) is 0 Å². The Morgan fingerprint density at radius 3 is 2.50 bits per heavy atom. The molecule has 0 bridgehead atoms. The van der Waals surface area contributed by atoms with E-state index in [0.29, 0.717) is 11.8 Å². The summed E-state index contributed by atoms with van der Waals surface area (Å²) in [6.45, 7) is 6.28. The highest BCUT2D eigenvalue weighted by Gasteiger charge is 2.37. The summed E-state index contributed by atoms with van der Waals surface area (Å²) in [4.78, 5) is 13.7. The number of rotatable bonds is 2. The summed E-state index contributed by atoms with van der Waals surface area (Å²) in [5, 5.41) is 0. The van der Waals surface area contributed by atoms with Gasteiger partial charge in [-0.3, -0.25) is 0 Å². The van der Waals surface area contributed by atoms with Crippen molar-refractivity contribution in [2.75, 3.05) is 0 Å². The van der Waals surface area contributed by atoms with Gasteiger partial charge >= 0.3 is 0 Å². The van der Waals surface area contributed by atoms with Crippen LogP contribution < -0.4 is 0 Å². The maximum Gasteiger partial charge on any atom is 0.237 e. The van der Waals surface area contributed by atoms with Gasteiger partial charge in [-0.05, 0) is 12.3 Å². The van der Waals surface area contributed by atoms with Crippen LogP contribution in [0.25, 0.3) is 0 Å². The summed E-state index contributed by atoms with van der Waals surface area (Å²) >= 11 is 0. The van der Waals surface area contributed by atoms with Gasteiger partial charge in [0.25, 0.3) is 0 Å². The van der Waals surface area contributed by atoms with Crippen molar-refractivity contribution in [3.05, 3.63) is 0 Å². The lowest BCUT2D eigenvalue weighted by Gasteiger charge is -2.12. The van der Waals surface area contributed by atoms with Crippen molar-refractivity contribution in [2.45, 2.75) is 39.5 Å². The molecule has 1 saturated heterocycles. The molecule has 0 radical (unpaired) electrons. The van der Waals surface area contributed by atoms with E-state index in [1.165, 1.54) is 0 Å². The molecule has 0 aromatic rings. The SMILES string of the molecule is CC[C@H]1O[C@@H](N=C=O)C(C)[C@H]1C. The fourth-order valence-corrected chi connectivity index (χ4v) is 1.69. The average molecular weight is 169 g/mol. The van der Waals surface area contributed by atoms with Crippen molar-refractivity contribution in [3.8, 4) is 0 Å². The molecule has 12 heavy (non-hydrogen) atoms. The van der Waals surface area contributed by atoms with Crippen molar-refractivity contribution >= 4 is 6.08 Å². The second-order valence-electron chi connectivity index (χ2n) is 3.41. The molecule has 68 valence electrons. The fourth-order valence-electron chi connectivity index (χ4n) is 1.69. The third-order valence-corrected chi connectivity index (χ3v) is 2.76. The van der Waals surface area contributed by atoms with Crippen LogP contribution in [0.2, 0.25) is 0 Å². The van der Waals surface area contributed by atoms with Gasteiger partial charge in [-0.2, -0.15) is 4.99 Å². The molecule has 0 saturated carbocycles. The molecule has 1 aliphatic rings. The van der Waals surface area contributed by atoms with Crippen LogP contribution in [0.4, 0.5) is 0 Å². The topological polar surface area (TPSA) is 38.7 Å². The number of isocyanates is 1. The normalized spacial score (nSPS) is 40.9. The molecule has 1 aliphatic heterocycles. The lowest BCUT2D eigenvalue weighted by Crippen LogP contribution is -2.14. The van der Waals surface area contributed by atoms with E-state index in [2.05, 4.69) is 25.8 Å². The summed E-state index contributed by atoms with van der Waals surface area (Å²) < 4.78 is 5.55. The van der Waals surface area contributed by atoms with Crippen molar-refractivity contribution in [1.29, 1.82) is 0 Å². The Kier molecular flexibility index (Phi) is 3.01. The quantitative estimate of drug-likeness (QED) is 0.466. The van der Waals surface area contributed by atoms with Gasteiger partial charge in [-0.25, -0.2) is 4.79 Å². The first-order chi connectivity index (χ1) is 5.70. The molecular formula is C9H15NO2. The van der Waals surface area contributed by atoms with E-state index < -0.39 is 0 Å². The Labute approximate surface area is 72.8 Å². The molecule has 0 amide bonds. The third-order valence-electron chi connectivity index (χ3n) is 2.76. The van der Waals surface area contributed by atoms with Crippen molar-refractivity contribution < 1.29 is 9.53 Å². The van der Waals surface area contributed by atoms with Gasteiger partial charge in [0.15, 0.2) is 6.23 Å². The first-order valence-corrected chi connectivity index (χ1v) is 4.43. The summed E-state index contributed by atoms with van der Waals surface area (Å²) in [6.07, 6.45) is 2.53. The largest absolute Gasteiger partial charge is 0.352 e. The Hall–Kier alpha value is -0.660. The van der Waals surface area contributed by atoms with Crippen LogP contribution in [0.15, 0.2) is 4.99 Å². The lowest BCUT2D eigenvalue weighted by atomic mass is 9.92. The number of hydrogen-bond donors (Lipinski definition) is 0. The minimum atomic E-state index is -0.262. The standard InChI is InChI=1S/C9H15NO2/c1-4-8-6(2)7(3)9(12-8)10-5-11/h6-9H,4H2,1-3H3/t6-,7?,8-,9-/m1/s1. The maximum absolute atomic E-state index is 10.0. The van der Waals surface area contributed by atoms with Gasteiger partial charge < -0.3 is 4.74 Å². The molecule has 1 unspecified atom stereocenters. The number of carbonyl (C=O) groups excluding carboxylic acids is 1. The summed E-state index contributed by atoms with van der Waals surface area (Å²) in [5.74, 6) is 0.813. The van der Waals surface area contributed by atoms with E-state index in [1.807, 2.05) is 0 Å². The van der Waals surface area contributed by atoms with E-state index in [4.69, 9.17) is 4.74 Å². The highest BCUT2D eigenvalue weighted by Crippen LogP contribution is 2.33. The molecule has 1 heterocycles. The average Bonchev–Trinajstić information content (AvgIpc) is 2.33. The monoisotopic (exact) mass is 169 g/mol. The highest BCUT2D eigenvalue weighted by molar-refractivity contribution is 5.33. The first-order valence-electron chi connectivity index (χ1n) is 4.43. The minimum Gasteiger partial charge on any atom is -0.352 e. The molecule has 0 spiro atoms. The van der Waals surface area contributed by atoms with E-state index in [1.54, 1.807) is 6.08 Å². The van der Waals surface area contributed by atoms with Crippen LogP contribution >= 0.6 is 0 Å². The Bertz CT molecular complexity index is 199. The fraction of sp³-hybridized carbons (Fsp3) is 0.889. The zero-order chi connectivity index (χ0) is 9.14. The van der Waals surface area contributed by atoms with Gasteiger partial charge in [0.05, 0.1) is 6.10 Å². The van der Waals surface area contributed by atoms with Crippen molar-refractivity contribution in [3.63, 3.8) is 0 Å². The molecule has 0 aromatic heterocycles. The van der Waals surface area contributed by atoms with Crippen LogP contribution in [0.3, 0.4) is 0 Å². The summed E-state index contributed by atoms with van der Waals surface area (Å²) in [6, 6.07) is 0. The molecule has 3 nitrogen and oxygen atoms in total. The Morgan fingerprint density at radius 2 is 2.08 bits per heavy atom. The van der Waals surface area contributed by atoms with Crippen molar-refractivity contribution in [1.82, 2.24) is 0 Å². The van der Waals surface area contributed by atoms with Gasteiger partial charge in [-0.1, -0.05) is 20.8 Å². The van der Waals surface area contributed by atoms with Gasteiger partial charge in [0.2, 0.25) is 6.08 Å². The number of aliphatic imine (C=N–C) groups is 1. The maximum atomic E-state index is 10.0. The smallest absolute Gasteiger partial charge is 0.237 e. The number of nitrogens with zero attached hydrogens (tertiary/aromatic N) is 1. The highest BCUT2D eigenvalue weighted by atomic mass is 16.5. The molecule has 0 aliphatic carbocycles. The van der Waals surface area contributed by atoms with Gasteiger partial charge in [0.1, 0.15) is 0 Å². The Morgan fingerprint density at radius 1 is 1.42 bits per heavy atom. The lowest BCUT2D eigenvalue weighted by molar-refractivity contribution is 0.0342. The van der Waals surface area contributed by atoms with Crippen LogP contribution in [0.1, 0.15) is 27.2 Å². The van der Waals surface area contributed by atoms with Gasteiger partial charge in [0, 0.05) is 5.92 Å². The van der Waals surface area contributed by atoms with Gasteiger partial charge in [-0.15, -0.1) is 0 Å². The van der Waals surface area contributed by atoms with E-state index in [0.717, 1.165) is 6.42 Å². The minimum absolute atomic E-state index is 0.252. The Balaban J connectivity index is 2.66. The van der Waals surface area contributed by atoms with Crippen LogP contribution in [-0.2, 0) is 9.53 Å². The number of ether oxygens (including phenoxy) is 1. The molecular weight excluding hydrogens is 154 g/mol. The second-order valence-corrected chi connectivity index (χ2v) is 3.41. The first kappa shape index (κ1) is 9.43. The van der Waals surface area contributed by atoms with E-state index >= 15 is 0 Å². The molecule has 1 fully saturated rings. The number of hydrogen-bond acceptors (Lipinski definition) is 3. The summed E-state index contributed by atoms with van der Waals surface area (Å²) in [7, 11) is 0. The molecule has 0 N–H and O–H groups in total. The third kappa shape index (κ3) is 1.57. The molecule has 3 heteroatoms. The van der Waals surface area contributed by atoms with Crippen molar-refractivity contribution in [2.24, 2.45) is 16.8 Å². The summed E-state index contributed by atoms with van der Waals surface area (Å²) in [5.41, 5.74) is 0. The predicted octanol–water partition coefficient (Wildman–Crippen LogP) is 1.73. The zero-order valence-electron chi connectivity index (χ0n) is 7.78. The second kappa shape index (κ2) is 3.83. The van der Waals surface area contributed by atoms with Crippen LogP contribution in [0, 0.1) is 11.8 Å². The van der Waals surface area contributed by atoms with E-state index in [9.17, 15) is 4.79 Å². The molecule has 0 aromatic carbocycles. The van der Waals surface area contributed by atoms with E-state index in [-0.39, 0.29) is 12.3 Å². The predicted molar refractivity (Wildman–Crippen MR) is 45.4 cm³/mol. The zero-order valence-corrected chi connectivity index (χ0v) is 7.78. The van der Waals surface area contributed by atoms with Crippen LogP contribution in [-0.4, -0.2) is 18.4 Å². The molecule has 1 rings (SSSR count). The molecule has 4 atom stereocenters.